The molecule has 0 unspecified atom stereocenters. The second-order valence-corrected chi connectivity index (χ2v) is 5.48. The number of anilines is 1. The van der Waals surface area contributed by atoms with Crippen LogP contribution in [0.25, 0.3) is 11.3 Å². The van der Waals surface area contributed by atoms with Crippen molar-refractivity contribution in [2.75, 3.05) is 5.32 Å². The number of amides is 1. The van der Waals surface area contributed by atoms with Crippen LogP contribution < -0.4 is 5.32 Å². The highest BCUT2D eigenvalue weighted by Gasteiger charge is 2.30. The highest BCUT2D eigenvalue weighted by atomic mass is 19.4. The molecule has 3 rings (SSSR count). The number of aryl methyl sites for hydroxylation is 1. The van der Waals surface area contributed by atoms with Gasteiger partial charge in [-0.05, 0) is 31.2 Å². The molecule has 1 aromatic heterocycles. The molecule has 6 heteroatoms. The Hall–Kier alpha value is -3.02. The zero-order chi connectivity index (χ0) is 18.0. The summed E-state index contributed by atoms with van der Waals surface area (Å²) in [5.41, 5.74) is 0.334. The van der Waals surface area contributed by atoms with E-state index < -0.39 is 17.6 Å². The lowest BCUT2D eigenvalue weighted by molar-refractivity contribution is -0.137. The van der Waals surface area contributed by atoms with E-state index in [-0.39, 0.29) is 11.3 Å². The van der Waals surface area contributed by atoms with Crippen molar-refractivity contribution in [3.05, 3.63) is 77.6 Å². The summed E-state index contributed by atoms with van der Waals surface area (Å²) < 4.78 is 43.9. The average molecular weight is 345 g/mol. The van der Waals surface area contributed by atoms with E-state index in [4.69, 9.17) is 4.42 Å². The van der Waals surface area contributed by atoms with Crippen LogP contribution in [0.1, 0.15) is 21.7 Å². The number of hydrogen-bond donors (Lipinski definition) is 1. The van der Waals surface area contributed by atoms with Gasteiger partial charge in [-0.1, -0.05) is 36.4 Å². The quantitative estimate of drug-likeness (QED) is 0.678. The number of rotatable bonds is 3. The number of carbonyl (C=O) groups is 1. The summed E-state index contributed by atoms with van der Waals surface area (Å²) in [7, 11) is 0. The van der Waals surface area contributed by atoms with Crippen molar-refractivity contribution in [1.29, 1.82) is 0 Å². The molecule has 0 saturated carbocycles. The summed E-state index contributed by atoms with van der Waals surface area (Å²) in [6.07, 6.45) is -4.47. The fourth-order valence-electron chi connectivity index (χ4n) is 2.42. The number of hydrogen-bond acceptors (Lipinski definition) is 2. The fraction of sp³-hybridized carbons (Fsp3) is 0.105. The third-order valence-electron chi connectivity index (χ3n) is 3.67. The average Bonchev–Trinajstić information content (AvgIpc) is 2.97. The molecule has 0 aliphatic heterocycles. The van der Waals surface area contributed by atoms with Gasteiger partial charge in [-0.3, -0.25) is 4.79 Å². The molecule has 0 atom stereocenters. The predicted octanol–water partition coefficient (Wildman–Crippen LogP) is 5.53. The summed E-state index contributed by atoms with van der Waals surface area (Å²) in [6.45, 7) is 1.63. The first kappa shape index (κ1) is 16.8. The van der Waals surface area contributed by atoms with Gasteiger partial charge in [-0.25, -0.2) is 0 Å². The van der Waals surface area contributed by atoms with Gasteiger partial charge in [0.25, 0.3) is 5.91 Å². The van der Waals surface area contributed by atoms with E-state index in [1.165, 1.54) is 12.1 Å². The molecule has 1 amide bonds. The molecule has 0 bridgehead atoms. The van der Waals surface area contributed by atoms with Gasteiger partial charge >= 0.3 is 6.18 Å². The third kappa shape index (κ3) is 3.74. The third-order valence-corrected chi connectivity index (χ3v) is 3.67. The molecule has 0 aliphatic rings. The summed E-state index contributed by atoms with van der Waals surface area (Å²) in [6, 6.07) is 15.3. The predicted molar refractivity (Wildman–Crippen MR) is 88.3 cm³/mol. The SMILES string of the molecule is Cc1oc(-c2ccccc2)cc1C(=O)Nc1cccc(C(F)(F)F)c1. The molecule has 2 aromatic carbocycles. The monoisotopic (exact) mass is 345 g/mol. The number of carbonyl (C=O) groups excluding carboxylic acids is 1. The molecule has 3 nitrogen and oxygen atoms in total. The molecule has 0 spiro atoms. The van der Waals surface area contributed by atoms with Crippen LogP contribution in [0.3, 0.4) is 0 Å². The van der Waals surface area contributed by atoms with Crippen LogP contribution in [0, 0.1) is 6.92 Å². The van der Waals surface area contributed by atoms with Crippen LogP contribution in [-0.4, -0.2) is 5.91 Å². The number of alkyl halides is 3. The second kappa shape index (κ2) is 6.47. The summed E-state index contributed by atoms with van der Waals surface area (Å²) >= 11 is 0. The molecular weight excluding hydrogens is 331 g/mol. The van der Waals surface area contributed by atoms with Crippen LogP contribution in [0.15, 0.2) is 65.1 Å². The zero-order valence-electron chi connectivity index (χ0n) is 13.2. The fourth-order valence-corrected chi connectivity index (χ4v) is 2.42. The maximum atomic E-state index is 12.8. The van der Waals surface area contributed by atoms with Crippen molar-refractivity contribution >= 4 is 11.6 Å². The van der Waals surface area contributed by atoms with Gasteiger partial charge in [-0.15, -0.1) is 0 Å². The van der Waals surface area contributed by atoms with Gasteiger partial charge < -0.3 is 9.73 Å². The lowest BCUT2D eigenvalue weighted by Gasteiger charge is -2.09. The van der Waals surface area contributed by atoms with Crippen LogP contribution in [-0.2, 0) is 6.18 Å². The van der Waals surface area contributed by atoms with Gasteiger partial charge in [-0.2, -0.15) is 13.2 Å². The molecule has 25 heavy (non-hydrogen) atoms. The molecule has 3 aromatic rings. The summed E-state index contributed by atoms with van der Waals surface area (Å²) in [5.74, 6) is 0.387. The van der Waals surface area contributed by atoms with Crippen LogP contribution >= 0.6 is 0 Å². The normalized spacial score (nSPS) is 11.4. The smallest absolute Gasteiger partial charge is 0.416 e. The second-order valence-electron chi connectivity index (χ2n) is 5.48. The van der Waals surface area contributed by atoms with E-state index >= 15 is 0 Å². The lowest BCUT2D eigenvalue weighted by Crippen LogP contribution is -2.13. The Morgan fingerprint density at radius 3 is 2.40 bits per heavy atom. The Morgan fingerprint density at radius 2 is 1.72 bits per heavy atom. The van der Waals surface area contributed by atoms with Crippen molar-refractivity contribution in [2.24, 2.45) is 0 Å². The first-order chi connectivity index (χ1) is 11.8. The summed E-state index contributed by atoms with van der Waals surface area (Å²) in [4.78, 5) is 12.4. The molecular formula is C19H14F3NO2. The zero-order valence-corrected chi connectivity index (χ0v) is 13.2. The Bertz CT molecular complexity index is 899. The van der Waals surface area contributed by atoms with Crippen molar-refractivity contribution < 1.29 is 22.4 Å². The Kier molecular flexibility index (Phi) is 4.35. The molecule has 0 radical (unpaired) electrons. The number of benzene rings is 2. The maximum Gasteiger partial charge on any atom is 0.416 e. The van der Waals surface area contributed by atoms with Crippen molar-refractivity contribution in [3.63, 3.8) is 0 Å². The molecule has 0 aliphatic carbocycles. The van der Waals surface area contributed by atoms with Crippen molar-refractivity contribution in [2.45, 2.75) is 13.1 Å². The first-order valence-electron chi connectivity index (χ1n) is 7.49. The standard InChI is InChI=1S/C19H14F3NO2/c1-12-16(11-17(25-12)13-6-3-2-4-7-13)18(24)23-15-9-5-8-14(10-15)19(20,21)22/h2-11H,1H3,(H,23,24). The first-order valence-corrected chi connectivity index (χ1v) is 7.49. The minimum absolute atomic E-state index is 0.0710. The Balaban J connectivity index is 1.84. The summed E-state index contributed by atoms with van der Waals surface area (Å²) in [5, 5.41) is 2.48. The minimum Gasteiger partial charge on any atom is -0.461 e. The van der Waals surface area contributed by atoms with Crippen LogP contribution in [0.4, 0.5) is 18.9 Å². The van der Waals surface area contributed by atoms with Crippen molar-refractivity contribution in [3.8, 4) is 11.3 Å². The van der Waals surface area contributed by atoms with E-state index in [0.29, 0.717) is 11.5 Å². The van der Waals surface area contributed by atoms with Gasteiger partial charge in [0.05, 0.1) is 11.1 Å². The lowest BCUT2D eigenvalue weighted by atomic mass is 10.1. The Morgan fingerprint density at radius 1 is 1.00 bits per heavy atom. The molecule has 0 saturated heterocycles. The van der Waals surface area contributed by atoms with Gasteiger partial charge in [0.2, 0.25) is 0 Å². The number of furan rings is 1. The maximum absolute atomic E-state index is 12.8. The molecule has 1 heterocycles. The van der Waals surface area contributed by atoms with E-state index in [0.717, 1.165) is 17.7 Å². The molecule has 0 fully saturated rings. The Labute approximate surface area is 142 Å². The number of halogens is 3. The van der Waals surface area contributed by atoms with E-state index in [2.05, 4.69) is 5.32 Å². The highest BCUT2D eigenvalue weighted by molar-refractivity contribution is 6.05. The van der Waals surface area contributed by atoms with Gasteiger partial charge in [0, 0.05) is 11.3 Å². The van der Waals surface area contributed by atoms with Crippen molar-refractivity contribution in [1.82, 2.24) is 0 Å². The largest absolute Gasteiger partial charge is 0.461 e. The van der Waals surface area contributed by atoms with E-state index in [1.54, 1.807) is 13.0 Å². The molecule has 1 N–H and O–H groups in total. The minimum atomic E-state index is -4.47. The van der Waals surface area contributed by atoms with Crippen LogP contribution in [0.2, 0.25) is 0 Å². The van der Waals surface area contributed by atoms with Crippen LogP contribution in [0.5, 0.6) is 0 Å². The number of nitrogens with one attached hydrogen (secondary N) is 1. The van der Waals surface area contributed by atoms with Gasteiger partial charge in [0.15, 0.2) is 0 Å². The molecule has 128 valence electrons. The highest BCUT2D eigenvalue weighted by Crippen LogP contribution is 2.31. The van der Waals surface area contributed by atoms with E-state index in [1.807, 2.05) is 30.3 Å². The van der Waals surface area contributed by atoms with E-state index in [9.17, 15) is 18.0 Å². The van der Waals surface area contributed by atoms with Gasteiger partial charge in [0.1, 0.15) is 11.5 Å². The topological polar surface area (TPSA) is 42.2 Å².